The van der Waals surface area contributed by atoms with Gasteiger partial charge in [-0.2, -0.15) is 5.10 Å². The number of nitrogens with one attached hydrogen (secondary N) is 1. The van der Waals surface area contributed by atoms with Crippen LogP contribution in [0, 0.1) is 0 Å². The molecule has 3 aromatic rings. The van der Waals surface area contributed by atoms with Crippen LogP contribution >= 0.6 is 11.6 Å². The van der Waals surface area contributed by atoms with Crippen LogP contribution in [0.5, 0.6) is 0 Å². The van der Waals surface area contributed by atoms with E-state index in [0.717, 1.165) is 11.3 Å². The van der Waals surface area contributed by atoms with Gasteiger partial charge in [0, 0.05) is 31.2 Å². The number of halogens is 1. The maximum absolute atomic E-state index is 6.24. The van der Waals surface area contributed by atoms with Crippen LogP contribution < -0.4 is 5.32 Å². The standard InChI is InChI=1S/C15H18ClN5/c1-11(12(2)21-9-5-7-18-21)17-10-13-15(16)19-14-6-3-4-8-20(13)14/h3-9,11-12,17H,10H2,1-2H3. The van der Waals surface area contributed by atoms with Crippen molar-refractivity contribution in [1.82, 2.24) is 24.5 Å². The van der Waals surface area contributed by atoms with Gasteiger partial charge in [-0.3, -0.25) is 4.68 Å². The molecule has 21 heavy (non-hydrogen) atoms. The molecule has 0 aromatic carbocycles. The van der Waals surface area contributed by atoms with E-state index in [2.05, 4.69) is 29.2 Å². The molecule has 5 nitrogen and oxygen atoms in total. The van der Waals surface area contributed by atoms with Crippen molar-refractivity contribution in [1.29, 1.82) is 0 Å². The molecule has 0 spiro atoms. The molecule has 110 valence electrons. The summed E-state index contributed by atoms with van der Waals surface area (Å²) in [6, 6.07) is 8.34. The Kier molecular flexibility index (Phi) is 3.94. The molecule has 3 rings (SSSR count). The summed E-state index contributed by atoms with van der Waals surface area (Å²) in [6.45, 7) is 4.95. The number of imidazole rings is 1. The molecular formula is C15H18ClN5. The summed E-state index contributed by atoms with van der Waals surface area (Å²) >= 11 is 6.24. The zero-order valence-electron chi connectivity index (χ0n) is 12.1. The van der Waals surface area contributed by atoms with Gasteiger partial charge < -0.3 is 9.72 Å². The Hall–Kier alpha value is -1.85. The number of fused-ring (bicyclic) bond motifs is 1. The molecule has 0 radical (unpaired) electrons. The summed E-state index contributed by atoms with van der Waals surface area (Å²) in [7, 11) is 0. The molecule has 0 amide bonds. The fourth-order valence-electron chi connectivity index (χ4n) is 2.35. The van der Waals surface area contributed by atoms with Gasteiger partial charge in [0.05, 0.1) is 11.7 Å². The van der Waals surface area contributed by atoms with Crippen LogP contribution in [-0.4, -0.2) is 25.2 Å². The molecule has 0 fully saturated rings. The minimum atomic E-state index is 0.259. The molecule has 2 unspecified atom stereocenters. The third-order valence-corrected chi connectivity index (χ3v) is 4.14. The lowest BCUT2D eigenvalue weighted by atomic mass is 10.1. The number of pyridine rings is 1. The average Bonchev–Trinajstić information content (AvgIpc) is 3.11. The summed E-state index contributed by atoms with van der Waals surface area (Å²) < 4.78 is 3.97. The van der Waals surface area contributed by atoms with Gasteiger partial charge in [0.2, 0.25) is 0 Å². The smallest absolute Gasteiger partial charge is 0.152 e. The summed E-state index contributed by atoms with van der Waals surface area (Å²) in [5.41, 5.74) is 1.85. The first-order valence-electron chi connectivity index (χ1n) is 7.01. The highest BCUT2D eigenvalue weighted by Gasteiger charge is 2.16. The highest BCUT2D eigenvalue weighted by atomic mass is 35.5. The van der Waals surface area contributed by atoms with Crippen molar-refractivity contribution in [3.8, 4) is 0 Å². The van der Waals surface area contributed by atoms with Crippen LogP contribution in [0.4, 0.5) is 0 Å². The Morgan fingerprint density at radius 1 is 1.24 bits per heavy atom. The monoisotopic (exact) mass is 303 g/mol. The summed E-state index contributed by atoms with van der Waals surface area (Å²) in [5, 5.41) is 8.33. The van der Waals surface area contributed by atoms with E-state index in [0.29, 0.717) is 11.7 Å². The van der Waals surface area contributed by atoms with Gasteiger partial charge in [-0.1, -0.05) is 17.7 Å². The van der Waals surface area contributed by atoms with E-state index in [1.165, 1.54) is 0 Å². The highest BCUT2D eigenvalue weighted by molar-refractivity contribution is 6.30. The van der Waals surface area contributed by atoms with Crippen LogP contribution in [-0.2, 0) is 6.54 Å². The van der Waals surface area contributed by atoms with E-state index in [9.17, 15) is 0 Å². The van der Waals surface area contributed by atoms with E-state index in [1.807, 2.05) is 45.7 Å². The molecule has 6 heteroatoms. The second kappa shape index (κ2) is 5.87. The van der Waals surface area contributed by atoms with Gasteiger partial charge in [-0.15, -0.1) is 0 Å². The predicted molar refractivity (Wildman–Crippen MR) is 83.4 cm³/mol. The zero-order chi connectivity index (χ0) is 14.8. The van der Waals surface area contributed by atoms with Gasteiger partial charge in [-0.05, 0) is 32.0 Å². The molecule has 0 aliphatic carbocycles. The number of hydrogen-bond donors (Lipinski definition) is 1. The van der Waals surface area contributed by atoms with Crippen molar-refractivity contribution >= 4 is 17.2 Å². The maximum atomic E-state index is 6.24. The van der Waals surface area contributed by atoms with Crippen LogP contribution in [0.25, 0.3) is 5.65 Å². The Morgan fingerprint density at radius 3 is 2.86 bits per heavy atom. The lowest BCUT2D eigenvalue weighted by Crippen LogP contribution is -2.33. The van der Waals surface area contributed by atoms with Crippen molar-refractivity contribution in [3.63, 3.8) is 0 Å². The Labute approximate surface area is 128 Å². The Bertz CT molecular complexity index is 719. The molecule has 0 bridgehead atoms. The largest absolute Gasteiger partial charge is 0.306 e. The van der Waals surface area contributed by atoms with Crippen LogP contribution in [0.3, 0.4) is 0 Å². The molecule has 3 heterocycles. The normalized spacial score (nSPS) is 14.4. The first-order valence-corrected chi connectivity index (χ1v) is 7.38. The first kappa shape index (κ1) is 14.1. The topological polar surface area (TPSA) is 47.2 Å². The molecule has 2 atom stereocenters. The lowest BCUT2D eigenvalue weighted by Gasteiger charge is -2.21. The number of rotatable bonds is 5. The Morgan fingerprint density at radius 2 is 2.10 bits per heavy atom. The summed E-state index contributed by atoms with van der Waals surface area (Å²) in [4.78, 5) is 4.36. The molecule has 3 aromatic heterocycles. The lowest BCUT2D eigenvalue weighted by molar-refractivity contribution is 0.363. The minimum absolute atomic E-state index is 0.259. The highest BCUT2D eigenvalue weighted by Crippen LogP contribution is 2.18. The van der Waals surface area contributed by atoms with Crippen LogP contribution in [0.15, 0.2) is 42.9 Å². The van der Waals surface area contributed by atoms with Gasteiger partial charge in [-0.25, -0.2) is 4.98 Å². The zero-order valence-corrected chi connectivity index (χ0v) is 12.8. The predicted octanol–water partition coefficient (Wildman–Crippen LogP) is 2.92. The number of hydrogen-bond acceptors (Lipinski definition) is 3. The van der Waals surface area contributed by atoms with Gasteiger partial charge in [0.15, 0.2) is 5.15 Å². The van der Waals surface area contributed by atoms with Crippen molar-refractivity contribution < 1.29 is 0 Å². The van der Waals surface area contributed by atoms with Crippen molar-refractivity contribution in [2.45, 2.75) is 32.5 Å². The summed E-state index contributed by atoms with van der Waals surface area (Å²) in [6.07, 6.45) is 5.75. The third kappa shape index (κ3) is 2.80. The Balaban J connectivity index is 1.73. The van der Waals surface area contributed by atoms with Gasteiger partial charge in [0.25, 0.3) is 0 Å². The molecule has 0 aliphatic rings. The van der Waals surface area contributed by atoms with Crippen molar-refractivity contribution in [2.75, 3.05) is 0 Å². The maximum Gasteiger partial charge on any atom is 0.152 e. The van der Waals surface area contributed by atoms with E-state index in [1.54, 1.807) is 6.20 Å². The molecular weight excluding hydrogens is 286 g/mol. The minimum Gasteiger partial charge on any atom is -0.306 e. The molecule has 0 saturated heterocycles. The second-order valence-electron chi connectivity index (χ2n) is 5.17. The van der Waals surface area contributed by atoms with Crippen molar-refractivity contribution in [3.05, 3.63) is 53.7 Å². The van der Waals surface area contributed by atoms with E-state index in [-0.39, 0.29) is 12.1 Å². The third-order valence-electron chi connectivity index (χ3n) is 3.84. The quantitative estimate of drug-likeness (QED) is 0.788. The fourth-order valence-corrected chi connectivity index (χ4v) is 2.60. The van der Waals surface area contributed by atoms with Gasteiger partial charge in [0.1, 0.15) is 5.65 Å². The summed E-state index contributed by atoms with van der Waals surface area (Å²) in [5.74, 6) is 0. The first-order chi connectivity index (χ1) is 10.2. The van der Waals surface area contributed by atoms with Crippen LogP contribution in [0.2, 0.25) is 5.15 Å². The molecule has 0 aliphatic heterocycles. The van der Waals surface area contributed by atoms with E-state index in [4.69, 9.17) is 11.6 Å². The van der Waals surface area contributed by atoms with Crippen molar-refractivity contribution in [2.24, 2.45) is 0 Å². The number of aromatic nitrogens is 4. The van der Waals surface area contributed by atoms with Crippen LogP contribution in [0.1, 0.15) is 25.6 Å². The molecule has 1 N–H and O–H groups in total. The second-order valence-corrected chi connectivity index (χ2v) is 5.53. The van der Waals surface area contributed by atoms with E-state index >= 15 is 0 Å². The molecule has 0 saturated carbocycles. The van der Waals surface area contributed by atoms with Gasteiger partial charge >= 0.3 is 0 Å². The van der Waals surface area contributed by atoms with E-state index < -0.39 is 0 Å². The average molecular weight is 304 g/mol. The number of nitrogens with zero attached hydrogens (tertiary/aromatic N) is 4. The SMILES string of the molecule is CC(NCc1c(Cl)nc2ccccn12)C(C)n1cccn1. The fraction of sp³-hybridized carbons (Fsp3) is 0.333.